The van der Waals surface area contributed by atoms with Crippen molar-refractivity contribution in [3.63, 3.8) is 0 Å². The lowest BCUT2D eigenvalue weighted by molar-refractivity contribution is -0.916. The lowest BCUT2D eigenvalue weighted by Crippen LogP contribution is -2.50. The Morgan fingerprint density at radius 1 is 0.667 bits per heavy atom. The van der Waals surface area contributed by atoms with Crippen molar-refractivity contribution in [2.45, 2.75) is 129 Å². The van der Waals surface area contributed by atoms with Crippen LogP contribution in [0.4, 0.5) is 0 Å². The zero-order chi connectivity index (χ0) is 21.7. The van der Waals surface area contributed by atoms with Crippen LogP contribution in [0.1, 0.15) is 127 Å². The Labute approximate surface area is 189 Å². The number of hydrogen-bond acceptors (Lipinski definition) is 0. The molecule has 2 rings (SSSR count). The summed E-state index contributed by atoms with van der Waals surface area (Å²) in [6.07, 6.45) is 22.4. The van der Waals surface area contributed by atoms with E-state index in [0.29, 0.717) is 0 Å². The van der Waals surface area contributed by atoms with Gasteiger partial charge in [-0.15, -0.1) is 0 Å². The molecule has 0 saturated heterocycles. The van der Waals surface area contributed by atoms with Gasteiger partial charge in [-0.25, -0.2) is 0 Å². The normalized spacial score (nSPS) is 19.9. The third-order valence-corrected chi connectivity index (χ3v) is 7.76. The molecule has 1 heteroatoms. The average molecular weight is 415 g/mol. The molecule has 0 N–H and O–H groups in total. The van der Waals surface area contributed by atoms with E-state index in [-0.39, 0.29) is 0 Å². The van der Waals surface area contributed by atoms with Crippen molar-refractivity contribution >= 4 is 0 Å². The molecule has 1 aromatic rings. The summed E-state index contributed by atoms with van der Waals surface area (Å²) in [6.45, 7) is 5.94. The van der Waals surface area contributed by atoms with Crippen LogP contribution in [0.2, 0.25) is 0 Å². The highest BCUT2D eigenvalue weighted by Gasteiger charge is 2.32. The van der Waals surface area contributed by atoms with E-state index in [4.69, 9.17) is 0 Å². The first-order valence-electron chi connectivity index (χ1n) is 13.5. The van der Waals surface area contributed by atoms with Crippen LogP contribution < -0.4 is 0 Å². The second-order valence-corrected chi connectivity index (χ2v) is 10.7. The van der Waals surface area contributed by atoms with E-state index < -0.39 is 0 Å². The van der Waals surface area contributed by atoms with Crippen LogP contribution in [-0.4, -0.2) is 31.2 Å². The molecule has 0 bridgehead atoms. The van der Waals surface area contributed by atoms with E-state index in [1.807, 2.05) is 0 Å². The summed E-state index contributed by atoms with van der Waals surface area (Å²) in [7, 11) is 4.88. The van der Waals surface area contributed by atoms with Crippen LogP contribution in [0.5, 0.6) is 0 Å². The highest BCUT2D eigenvalue weighted by atomic mass is 15.3. The van der Waals surface area contributed by atoms with Crippen molar-refractivity contribution in [1.82, 2.24) is 0 Å². The fourth-order valence-electron chi connectivity index (χ4n) is 5.64. The van der Waals surface area contributed by atoms with Crippen LogP contribution in [0.25, 0.3) is 0 Å². The minimum Gasteiger partial charge on any atom is -0.326 e. The molecule has 1 nitrogen and oxygen atoms in total. The summed E-state index contributed by atoms with van der Waals surface area (Å²) < 4.78 is 1.22. The molecule has 0 aliphatic heterocycles. The highest BCUT2D eigenvalue weighted by Crippen LogP contribution is 2.36. The van der Waals surface area contributed by atoms with Gasteiger partial charge in [0.2, 0.25) is 0 Å². The number of aryl methyl sites for hydroxylation is 1. The molecule has 0 atom stereocenters. The van der Waals surface area contributed by atoms with Gasteiger partial charge in [-0.1, -0.05) is 95.9 Å². The Balaban J connectivity index is 1.59. The second kappa shape index (κ2) is 14.3. The van der Waals surface area contributed by atoms with Gasteiger partial charge in [0, 0.05) is 12.8 Å². The van der Waals surface area contributed by atoms with Gasteiger partial charge in [0.25, 0.3) is 0 Å². The standard InChI is InChI=1S/C29H52N/c1-5-7-8-9-10-11-12-13-14-15-16-26-17-19-27(20-18-26)28-21-23-29(24-22-28)30(3,4)25-6-2/h17-20,28-29H,5-16,21-25H2,1-4H3/q+1. The second-order valence-electron chi connectivity index (χ2n) is 10.7. The van der Waals surface area contributed by atoms with E-state index in [1.165, 1.54) is 114 Å². The van der Waals surface area contributed by atoms with Crippen molar-refractivity contribution in [1.29, 1.82) is 0 Å². The number of quaternary nitrogens is 1. The first-order valence-corrected chi connectivity index (χ1v) is 13.5. The minimum atomic E-state index is 0.800. The molecule has 0 radical (unpaired) electrons. The third kappa shape index (κ3) is 9.13. The van der Waals surface area contributed by atoms with Gasteiger partial charge >= 0.3 is 0 Å². The fourth-order valence-corrected chi connectivity index (χ4v) is 5.64. The molecule has 172 valence electrons. The van der Waals surface area contributed by atoms with Gasteiger partial charge in [-0.3, -0.25) is 0 Å². The van der Waals surface area contributed by atoms with Gasteiger partial charge in [-0.05, 0) is 49.1 Å². The molecule has 1 fully saturated rings. The van der Waals surface area contributed by atoms with E-state index in [1.54, 1.807) is 11.1 Å². The van der Waals surface area contributed by atoms with Gasteiger partial charge < -0.3 is 4.48 Å². The van der Waals surface area contributed by atoms with Crippen molar-refractivity contribution in [3.05, 3.63) is 35.4 Å². The SMILES string of the molecule is CCCCCCCCCCCCc1ccc(C2CCC([N+](C)(C)CCC)CC2)cc1. The molecule has 0 amide bonds. The van der Waals surface area contributed by atoms with E-state index in [2.05, 4.69) is 52.2 Å². The van der Waals surface area contributed by atoms with Gasteiger partial charge in [0.1, 0.15) is 0 Å². The maximum Gasteiger partial charge on any atom is 0.0886 e. The van der Waals surface area contributed by atoms with E-state index in [9.17, 15) is 0 Å². The molecular weight excluding hydrogens is 362 g/mol. The van der Waals surface area contributed by atoms with Crippen LogP contribution in [0.3, 0.4) is 0 Å². The predicted molar refractivity (Wildman–Crippen MR) is 134 cm³/mol. The number of rotatable bonds is 15. The molecular formula is C29H52N+. The topological polar surface area (TPSA) is 0 Å². The summed E-state index contributed by atoms with van der Waals surface area (Å²) >= 11 is 0. The maximum atomic E-state index is 2.45. The first kappa shape index (κ1) is 25.4. The summed E-state index contributed by atoms with van der Waals surface area (Å²) in [4.78, 5) is 0. The largest absolute Gasteiger partial charge is 0.326 e. The molecule has 0 spiro atoms. The van der Waals surface area contributed by atoms with Gasteiger partial charge in [-0.2, -0.15) is 0 Å². The maximum absolute atomic E-state index is 2.45. The molecule has 0 unspecified atom stereocenters. The van der Waals surface area contributed by atoms with Crippen molar-refractivity contribution in [2.24, 2.45) is 0 Å². The number of unbranched alkanes of at least 4 members (excludes halogenated alkanes) is 9. The Kier molecular flexibility index (Phi) is 12.1. The van der Waals surface area contributed by atoms with Crippen LogP contribution in [0.15, 0.2) is 24.3 Å². The summed E-state index contributed by atoms with van der Waals surface area (Å²) in [6, 6.07) is 10.6. The minimum absolute atomic E-state index is 0.800. The Morgan fingerprint density at radius 2 is 1.20 bits per heavy atom. The van der Waals surface area contributed by atoms with E-state index in [0.717, 1.165) is 12.0 Å². The molecule has 1 aliphatic carbocycles. The highest BCUT2D eigenvalue weighted by molar-refractivity contribution is 5.26. The molecule has 1 aromatic carbocycles. The molecule has 30 heavy (non-hydrogen) atoms. The van der Waals surface area contributed by atoms with Gasteiger partial charge in [0.15, 0.2) is 0 Å². The number of benzene rings is 1. The van der Waals surface area contributed by atoms with Gasteiger partial charge in [0.05, 0.1) is 26.7 Å². The predicted octanol–water partition coefficient (Wildman–Crippen LogP) is 8.66. The molecule has 1 saturated carbocycles. The first-order chi connectivity index (χ1) is 14.6. The smallest absolute Gasteiger partial charge is 0.0886 e. The van der Waals surface area contributed by atoms with Crippen LogP contribution in [-0.2, 0) is 6.42 Å². The number of hydrogen-bond donors (Lipinski definition) is 0. The monoisotopic (exact) mass is 414 g/mol. The fraction of sp³-hybridized carbons (Fsp3) is 0.793. The van der Waals surface area contributed by atoms with Crippen molar-refractivity contribution in [2.75, 3.05) is 20.6 Å². The third-order valence-electron chi connectivity index (χ3n) is 7.76. The summed E-state index contributed by atoms with van der Waals surface area (Å²) in [5.74, 6) is 0.800. The Morgan fingerprint density at radius 3 is 1.73 bits per heavy atom. The van der Waals surface area contributed by atoms with Crippen molar-refractivity contribution < 1.29 is 4.48 Å². The van der Waals surface area contributed by atoms with Crippen molar-refractivity contribution in [3.8, 4) is 0 Å². The van der Waals surface area contributed by atoms with E-state index >= 15 is 0 Å². The number of nitrogens with zero attached hydrogens (tertiary/aromatic N) is 1. The van der Waals surface area contributed by atoms with Crippen LogP contribution >= 0.6 is 0 Å². The molecule has 0 aromatic heterocycles. The average Bonchev–Trinajstić information content (AvgIpc) is 2.75. The lowest BCUT2D eigenvalue weighted by atomic mass is 9.80. The quantitative estimate of drug-likeness (QED) is 0.199. The Bertz CT molecular complexity index is 536. The lowest BCUT2D eigenvalue weighted by Gasteiger charge is -2.41. The molecule has 1 aliphatic rings. The zero-order valence-electron chi connectivity index (χ0n) is 20.9. The Hall–Kier alpha value is -0.820. The summed E-state index contributed by atoms with van der Waals surface area (Å²) in [5.41, 5.74) is 3.15. The van der Waals surface area contributed by atoms with Crippen LogP contribution in [0, 0.1) is 0 Å². The zero-order valence-corrected chi connectivity index (χ0v) is 20.9. The molecule has 0 heterocycles. The summed E-state index contributed by atoms with van der Waals surface area (Å²) in [5, 5.41) is 0.